The lowest BCUT2D eigenvalue weighted by Gasteiger charge is -2.21. The minimum absolute atomic E-state index is 0.318. The van der Waals surface area contributed by atoms with Crippen LogP contribution in [0.1, 0.15) is 34.6 Å². The molecule has 2 rings (SSSR count). The van der Waals surface area contributed by atoms with Crippen LogP contribution in [-0.4, -0.2) is 13.1 Å². The van der Waals surface area contributed by atoms with Gasteiger partial charge in [0.25, 0.3) is 0 Å². The number of nitrogens with zero attached hydrogens (tertiary/aromatic N) is 1. The number of hydrogen-bond donors (Lipinski definition) is 3. The molecular weight excluding hydrogens is 295 g/mol. The molecule has 23 heavy (non-hydrogen) atoms. The van der Waals surface area contributed by atoms with Gasteiger partial charge in [0.15, 0.2) is 0 Å². The van der Waals surface area contributed by atoms with Gasteiger partial charge in [-0.15, -0.1) is 0 Å². The molecule has 2 amide bonds. The van der Waals surface area contributed by atoms with Crippen LogP contribution in [0.2, 0.25) is 0 Å². The third kappa shape index (κ3) is 6.86. The number of amides is 2. The van der Waals surface area contributed by atoms with Crippen molar-refractivity contribution in [3.63, 3.8) is 0 Å². The number of halogens is 1. The summed E-state index contributed by atoms with van der Waals surface area (Å²) in [6.45, 7) is 9.91. The SMILES string of the molecule is CC.CC.CC1=CNNC(NC(=O)N(C)c2ccc(F)cc2)=C1. The maximum Gasteiger partial charge on any atom is 0.327 e. The molecule has 1 aromatic rings. The number of carbonyl (C=O) groups is 1. The van der Waals surface area contributed by atoms with Crippen LogP contribution in [-0.2, 0) is 0 Å². The monoisotopic (exact) mass is 322 g/mol. The van der Waals surface area contributed by atoms with Gasteiger partial charge in [-0.2, -0.15) is 0 Å². The molecule has 1 aromatic carbocycles. The van der Waals surface area contributed by atoms with E-state index in [2.05, 4.69) is 16.2 Å². The number of nitrogens with one attached hydrogen (secondary N) is 3. The van der Waals surface area contributed by atoms with E-state index in [0.29, 0.717) is 11.5 Å². The molecule has 1 heterocycles. The predicted molar refractivity (Wildman–Crippen MR) is 94.1 cm³/mol. The van der Waals surface area contributed by atoms with Crippen LogP contribution in [0, 0.1) is 5.82 Å². The molecule has 1 aliphatic rings. The summed E-state index contributed by atoms with van der Waals surface area (Å²) in [4.78, 5) is 13.4. The molecule has 0 aliphatic carbocycles. The van der Waals surface area contributed by atoms with Gasteiger partial charge in [-0.1, -0.05) is 27.7 Å². The first-order chi connectivity index (χ1) is 11.1. The van der Waals surface area contributed by atoms with Gasteiger partial charge in [-0.05, 0) is 42.8 Å². The van der Waals surface area contributed by atoms with Crippen molar-refractivity contribution < 1.29 is 9.18 Å². The average Bonchev–Trinajstić information content (AvgIpc) is 2.58. The number of rotatable bonds is 2. The van der Waals surface area contributed by atoms with Gasteiger partial charge >= 0.3 is 6.03 Å². The maximum absolute atomic E-state index is 12.8. The number of hydrazine groups is 1. The third-order valence-corrected chi connectivity index (χ3v) is 2.64. The highest BCUT2D eigenvalue weighted by Gasteiger charge is 2.13. The summed E-state index contributed by atoms with van der Waals surface area (Å²) in [7, 11) is 1.61. The molecule has 0 saturated carbocycles. The van der Waals surface area contributed by atoms with Crippen LogP contribution < -0.4 is 21.1 Å². The van der Waals surface area contributed by atoms with Crippen LogP contribution in [0.4, 0.5) is 14.9 Å². The highest BCUT2D eigenvalue weighted by molar-refractivity contribution is 5.92. The minimum atomic E-state index is -0.334. The molecule has 1 aliphatic heterocycles. The second-order valence-electron chi connectivity index (χ2n) is 4.18. The first-order valence-corrected chi connectivity index (χ1v) is 7.76. The van der Waals surface area contributed by atoms with Gasteiger partial charge in [0, 0.05) is 18.9 Å². The topological polar surface area (TPSA) is 56.4 Å². The highest BCUT2D eigenvalue weighted by Crippen LogP contribution is 2.13. The molecule has 0 saturated heterocycles. The van der Waals surface area contributed by atoms with Crippen molar-refractivity contribution in [2.24, 2.45) is 0 Å². The molecule has 5 nitrogen and oxygen atoms in total. The Bertz CT molecular complexity index is 538. The Kier molecular flexibility index (Phi) is 9.91. The summed E-state index contributed by atoms with van der Waals surface area (Å²) in [5.74, 6) is 0.220. The molecule has 0 atom stereocenters. The molecule has 0 aromatic heterocycles. The van der Waals surface area contributed by atoms with Gasteiger partial charge in [0.1, 0.15) is 11.6 Å². The first kappa shape index (κ1) is 20.5. The van der Waals surface area contributed by atoms with Gasteiger partial charge in [-0.3, -0.25) is 15.6 Å². The standard InChI is InChI=1S/C13H15FN4O.2C2H6/c1-9-7-12(17-15-8-9)16-13(19)18(2)11-5-3-10(14)4-6-11;2*1-2/h3-8,15,17H,1-2H3,(H,16,19);2*1-2H3. The summed E-state index contributed by atoms with van der Waals surface area (Å²) in [5, 5.41) is 2.70. The first-order valence-electron chi connectivity index (χ1n) is 7.76. The van der Waals surface area contributed by atoms with Crippen molar-refractivity contribution in [3.05, 3.63) is 53.8 Å². The Morgan fingerprint density at radius 2 is 1.70 bits per heavy atom. The zero-order chi connectivity index (χ0) is 17.8. The van der Waals surface area contributed by atoms with Gasteiger partial charge in [-0.25, -0.2) is 9.18 Å². The van der Waals surface area contributed by atoms with Crippen LogP contribution in [0.15, 0.2) is 47.9 Å². The molecule has 0 unspecified atom stereocenters. The van der Waals surface area contributed by atoms with E-state index in [1.165, 1.54) is 17.0 Å². The number of anilines is 1. The summed E-state index contributed by atoms with van der Waals surface area (Å²) in [6.07, 6.45) is 3.58. The number of allylic oxidation sites excluding steroid dienone is 2. The zero-order valence-electron chi connectivity index (χ0n) is 14.7. The molecule has 0 radical (unpaired) electrons. The lowest BCUT2D eigenvalue weighted by Crippen LogP contribution is -2.44. The summed E-state index contributed by atoms with van der Waals surface area (Å²) < 4.78 is 12.8. The second kappa shape index (κ2) is 11.1. The molecule has 0 bridgehead atoms. The molecule has 6 heteroatoms. The maximum atomic E-state index is 12.8. The van der Waals surface area contributed by atoms with E-state index in [1.54, 1.807) is 31.5 Å². The zero-order valence-corrected chi connectivity index (χ0v) is 14.7. The lowest BCUT2D eigenvalue weighted by molar-refractivity contribution is 0.249. The fraction of sp³-hybridized carbons (Fsp3) is 0.353. The van der Waals surface area contributed by atoms with E-state index in [-0.39, 0.29) is 11.8 Å². The van der Waals surface area contributed by atoms with Crippen LogP contribution in [0.3, 0.4) is 0 Å². The highest BCUT2D eigenvalue weighted by atomic mass is 19.1. The Balaban J connectivity index is 0.00000112. The van der Waals surface area contributed by atoms with E-state index in [9.17, 15) is 9.18 Å². The van der Waals surface area contributed by atoms with Crippen LogP contribution >= 0.6 is 0 Å². The van der Waals surface area contributed by atoms with Crippen molar-refractivity contribution in [2.45, 2.75) is 34.6 Å². The summed E-state index contributed by atoms with van der Waals surface area (Å²) >= 11 is 0. The second-order valence-corrected chi connectivity index (χ2v) is 4.18. The number of carbonyl (C=O) groups excluding carboxylic acids is 1. The third-order valence-electron chi connectivity index (χ3n) is 2.64. The van der Waals surface area contributed by atoms with E-state index in [1.807, 2.05) is 34.6 Å². The summed E-state index contributed by atoms with van der Waals surface area (Å²) in [6, 6.07) is 5.39. The van der Waals surface area contributed by atoms with Crippen LogP contribution in [0.5, 0.6) is 0 Å². The fourth-order valence-corrected chi connectivity index (χ4v) is 1.58. The lowest BCUT2D eigenvalue weighted by atomic mass is 10.3. The molecule has 0 fully saturated rings. The molecule has 0 spiro atoms. The quantitative estimate of drug-likeness (QED) is 0.774. The number of hydrogen-bond acceptors (Lipinski definition) is 3. The summed E-state index contributed by atoms with van der Waals surface area (Å²) in [5.41, 5.74) is 7.22. The van der Waals surface area contributed by atoms with Gasteiger partial charge in [0.2, 0.25) is 0 Å². The Labute approximate surface area is 138 Å². The van der Waals surface area contributed by atoms with Crippen molar-refractivity contribution in [3.8, 4) is 0 Å². The van der Waals surface area contributed by atoms with E-state index < -0.39 is 0 Å². The van der Waals surface area contributed by atoms with E-state index >= 15 is 0 Å². The smallest absolute Gasteiger partial charge is 0.307 e. The van der Waals surface area contributed by atoms with Gasteiger partial charge < -0.3 is 5.43 Å². The van der Waals surface area contributed by atoms with Crippen LogP contribution in [0.25, 0.3) is 0 Å². The van der Waals surface area contributed by atoms with E-state index in [4.69, 9.17) is 0 Å². The normalized spacial score (nSPS) is 11.8. The Morgan fingerprint density at radius 1 is 1.13 bits per heavy atom. The van der Waals surface area contributed by atoms with Crippen molar-refractivity contribution >= 4 is 11.7 Å². The molecular formula is C17H27FN4O. The largest absolute Gasteiger partial charge is 0.327 e. The Hall–Kier alpha value is -2.50. The van der Waals surface area contributed by atoms with Crippen molar-refractivity contribution in [1.29, 1.82) is 0 Å². The molecule has 128 valence electrons. The van der Waals surface area contributed by atoms with Crippen molar-refractivity contribution in [2.75, 3.05) is 11.9 Å². The Morgan fingerprint density at radius 3 is 2.22 bits per heavy atom. The fourth-order valence-electron chi connectivity index (χ4n) is 1.58. The van der Waals surface area contributed by atoms with E-state index in [0.717, 1.165) is 5.57 Å². The number of urea groups is 1. The van der Waals surface area contributed by atoms with Gasteiger partial charge in [0.05, 0.1) is 0 Å². The number of benzene rings is 1. The minimum Gasteiger partial charge on any atom is -0.307 e. The van der Waals surface area contributed by atoms with Crippen molar-refractivity contribution in [1.82, 2.24) is 16.2 Å². The predicted octanol–water partition coefficient (Wildman–Crippen LogP) is 3.88. The average molecular weight is 322 g/mol. The molecule has 3 N–H and O–H groups in total.